The summed E-state index contributed by atoms with van der Waals surface area (Å²) < 4.78 is 0. The van der Waals surface area contributed by atoms with E-state index < -0.39 is 0 Å². The van der Waals surface area contributed by atoms with Crippen molar-refractivity contribution in [1.29, 1.82) is 0 Å². The molecule has 0 saturated carbocycles. The Morgan fingerprint density at radius 1 is 1.26 bits per heavy atom. The highest BCUT2D eigenvalue weighted by Crippen LogP contribution is 2.18. The maximum atomic E-state index is 12.3. The molecule has 2 heterocycles. The molecule has 19 heavy (non-hydrogen) atoms. The number of nitrogens with zero attached hydrogens (tertiary/aromatic N) is 2. The summed E-state index contributed by atoms with van der Waals surface area (Å²) in [5, 5.41) is 6.72. The van der Waals surface area contributed by atoms with Gasteiger partial charge in [-0.2, -0.15) is 5.10 Å². The molecular formula is C15H17N3O. The minimum atomic E-state index is 0.168. The van der Waals surface area contributed by atoms with E-state index in [1.165, 1.54) is 11.1 Å². The fraction of sp³-hybridized carbons (Fsp3) is 0.333. The van der Waals surface area contributed by atoms with Crippen LogP contribution in [0.25, 0.3) is 0 Å². The molecule has 2 aromatic rings. The minimum absolute atomic E-state index is 0.168. The minimum Gasteiger partial charge on any atom is -0.338 e. The zero-order valence-electron chi connectivity index (χ0n) is 10.8. The van der Waals surface area contributed by atoms with Gasteiger partial charge in [-0.3, -0.25) is 9.89 Å². The second kappa shape index (κ2) is 5.26. The number of fused-ring (bicyclic) bond motifs is 1. The number of amides is 1. The zero-order chi connectivity index (χ0) is 13.1. The summed E-state index contributed by atoms with van der Waals surface area (Å²) in [5.74, 6) is 0.168. The number of benzene rings is 1. The van der Waals surface area contributed by atoms with Gasteiger partial charge in [-0.1, -0.05) is 24.3 Å². The molecule has 0 saturated heterocycles. The fourth-order valence-electron chi connectivity index (χ4n) is 2.57. The Labute approximate surface area is 112 Å². The molecule has 1 aliphatic heterocycles. The third kappa shape index (κ3) is 2.67. The lowest BCUT2D eigenvalue weighted by Gasteiger charge is -2.20. The van der Waals surface area contributed by atoms with Crippen LogP contribution < -0.4 is 0 Å². The summed E-state index contributed by atoms with van der Waals surface area (Å²) >= 11 is 0. The Bertz CT molecular complexity index is 563. The first-order chi connectivity index (χ1) is 9.33. The van der Waals surface area contributed by atoms with E-state index in [0.29, 0.717) is 6.42 Å². The van der Waals surface area contributed by atoms with E-state index in [2.05, 4.69) is 28.4 Å². The largest absolute Gasteiger partial charge is 0.338 e. The predicted molar refractivity (Wildman–Crippen MR) is 72.5 cm³/mol. The lowest BCUT2D eigenvalue weighted by Crippen LogP contribution is -2.32. The van der Waals surface area contributed by atoms with Crippen molar-refractivity contribution in [2.24, 2.45) is 0 Å². The first-order valence-electron chi connectivity index (χ1n) is 6.66. The standard InChI is InChI=1S/C15H17N3O/c19-15(10-14-7-8-16-17-14)18-9-3-6-12-4-1-2-5-13(12)11-18/h1-2,4-5,7-8H,3,6,9-11H2,(H,16,17). The molecule has 0 aliphatic carbocycles. The van der Waals surface area contributed by atoms with Crippen LogP contribution in [0.3, 0.4) is 0 Å². The zero-order valence-corrected chi connectivity index (χ0v) is 10.8. The normalized spacial score (nSPS) is 14.8. The van der Waals surface area contributed by atoms with Gasteiger partial charge in [0.05, 0.1) is 6.42 Å². The van der Waals surface area contributed by atoms with Crippen LogP contribution in [-0.2, 0) is 24.2 Å². The first-order valence-corrected chi connectivity index (χ1v) is 6.66. The lowest BCUT2D eigenvalue weighted by molar-refractivity contribution is -0.131. The summed E-state index contributed by atoms with van der Waals surface area (Å²) in [6, 6.07) is 10.3. The summed E-state index contributed by atoms with van der Waals surface area (Å²) in [6.07, 6.45) is 4.18. The van der Waals surface area contributed by atoms with E-state index in [4.69, 9.17) is 0 Å². The van der Waals surface area contributed by atoms with Crippen LogP contribution in [-0.4, -0.2) is 27.5 Å². The average molecular weight is 255 g/mol. The molecule has 0 bridgehead atoms. The van der Waals surface area contributed by atoms with Crippen molar-refractivity contribution >= 4 is 5.91 Å². The van der Waals surface area contributed by atoms with Crippen molar-refractivity contribution in [1.82, 2.24) is 15.1 Å². The van der Waals surface area contributed by atoms with Gasteiger partial charge >= 0.3 is 0 Å². The third-order valence-electron chi connectivity index (χ3n) is 3.61. The number of aryl methyl sites for hydroxylation is 1. The molecule has 1 amide bonds. The summed E-state index contributed by atoms with van der Waals surface area (Å²) in [4.78, 5) is 14.3. The second-order valence-electron chi connectivity index (χ2n) is 4.95. The van der Waals surface area contributed by atoms with Crippen LogP contribution in [0.2, 0.25) is 0 Å². The molecule has 4 heteroatoms. The number of aromatic amines is 1. The van der Waals surface area contributed by atoms with Crippen LogP contribution in [0, 0.1) is 0 Å². The Morgan fingerprint density at radius 2 is 2.11 bits per heavy atom. The molecule has 1 aliphatic rings. The number of aromatic nitrogens is 2. The molecule has 1 aromatic carbocycles. The van der Waals surface area contributed by atoms with E-state index in [-0.39, 0.29) is 5.91 Å². The molecule has 0 fully saturated rings. The predicted octanol–water partition coefficient (Wildman–Crippen LogP) is 1.93. The maximum absolute atomic E-state index is 12.3. The van der Waals surface area contributed by atoms with Crippen molar-refractivity contribution in [2.75, 3.05) is 6.54 Å². The Hall–Kier alpha value is -2.10. The van der Waals surface area contributed by atoms with E-state index in [1.54, 1.807) is 6.20 Å². The van der Waals surface area contributed by atoms with Crippen LogP contribution in [0.4, 0.5) is 0 Å². The van der Waals surface area contributed by atoms with Gasteiger partial charge in [0.25, 0.3) is 0 Å². The summed E-state index contributed by atoms with van der Waals surface area (Å²) in [6.45, 7) is 1.56. The highest BCUT2D eigenvalue weighted by Gasteiger charge is 2.19. The van der Waals surface area contributed by atoms with Gasteiger partial charge in [0.2, 0.25) is 5.91 Å². The number of hydrogen-bond acceptors (Lipinski definition) is 2. The van der Waals surface area contributed by atoms with E-state index in [1.807, 2.05) is 17.0 Å². The molecule has 1 N–H and O–H groups in total. The molecule has 0 spiro atoms. The molecule has 1 aromatic heterocycles. The van der Waals surface area contributed by atoms with Crippen LogP contribution in [0.5, 0.6) is 0 Å². The van der Waals surface area contributed by atoms with E-state index >= 15 is 0 Å². The van der Waals surface area contributed by atoms with Gasteiger partial charge in [0.1, 0.15) is 0 Å². The van der Waals surface area contributed by atoms with Crippen LogP contribution >= 0.6 is 0 Å². The molecule has 0 unspecified atom stereocenters. The van der Waals surface area contributed by atoms with E-state index in [0.717, 1.165) is 31.6 Å². The molecular weight excluding hydrogens is 238 g/mol. The molecule has 4 nitrogen and oxygen atoms in total. The number of H-pyrrole nitrogens is 1. The first kappa shape index (κ1) is 12.0. The molecule has 0 radical (unpaired) electrons. The van der Waals surface area contributed by atoms with Gasteiger partial charge in [0, 0.05) is 25.0 Å². The van der Waals surface area contributed by atoms with Crippen molar-refractivity contribution in [3.63, 3.8) is 0 Å². The second-order valence-corrected chi connectivity index (χ2v) is 4.95. The number of carbonyl (C=O) groups is 1. The van der Waals surface area contributed by atoms with Gasteiger partial charge in [-0.05, 0) is 30.0 Å². The van der Waals surface area contributed by atoms with Crippen molar-refractivity contribution in [2.45, 2.75) is 25.8 Å². The fourth-order valence-corrected chi connectivity index (χ4v) is 2.57. The molecule has 3 rings (SSSR count). The highest BCUT2D eigenvalue weighted by molar-refractivity contribution is 5.78. The topological polar surface area (TPSA) is 49.0 Å². The Balaban J connectivity index is 1.73. The molecule has 0 atom stereocenters. The number of nitrogens with one attached hydrogen (secondary N) is 1. The van der Waals surface area contributed by atoms with Crippen molar-refractivity contribution in [3.8, 4) is 0 Å². The van der Waals surface area contributed by atoms with Crippen LogP contribution in [0.1, 0.15) is 23.2 Å². The lowest BCUT2D eigenvalue weighted by atomic mass is 10.0. The van der Waals surface area contributed by atoms with Gasteiger partial charge < -0.3 is 4.90 Å². The monoisotopic (exact) mass is 255 g/mol. The highest BCUT2D eigenvalue weighted by atomic mass is 16.2. The van der Waals surface area contributed by atoms with Gasteiger partial charge in [-0.15, -0.1) is 0 Å². The van der Waals surface area contributed by atoms with Crippen molar-refractivity contribution < 1.29 is 4.79 Å². The number of hydrogen-bond donors (Lipinski definition) is 1. The smallest absolute Gasteiger partial charge is 0.228 e. The number of carbonyl (C=O) groups excluding carboxylic acids is 1. The Morgan fingerprint density at radius 3 is 2.89 bits per heavy atom. The summed E-state index contributed by atoms with van der Waals surface area (Å²) in [7, 11) is 0. The third-order valence-corrected chi connectivity index (χ3v) is 3.61. The molecule has 98 valence electrons. The van der Waals surface area contributed by atoms with Gasteiger partial charge in [-0.25, -0.2) is 0 Å². The summed E-state index contributed by atoms with van der Waals surface area (Å²) in [5.41, 5.74) is 3.53. The van der Waals surface area contributed by atoms with E-state index in [9.17, 15) is 4.79 Å². The Kier molecular flexibility index (Phi) is 3.31. The SMILES string of the molecule is O=C(Cc1ccn[nH]1)N1CCCc2ccccc2C1. The average Bonchev–Trinajstić information content (AvgIpc) is 2.82. The number of rotatable bonds is 2. The quantitative estimate of drug-likeness (QED) is 0.891. The van der Waals surface area contributed by atoms with Gasteiger partial charge in [0.15, 0.2) is 0 Å². The maximum Gasteiger partial charge on any atom is 0.228 e. The van der Waals surface area contributed by atoms with Crippen molar-refractivity contribution in [3.05, 3.63) is 53.3 Å². The van der Waals surface area contributed by atoms with Crippen LogP contribution in [0.15, 0.2) is 36.5 Å².